The van der Waals surface area contributed by atoms with Gasteiger partial charge in [0, 0.05) is 24.5 Å². The maximum absolute atomic E-state index is 14.2. The monoisotopic (exact) mass is 504 g/mol. The normalized spacial score (nSPS) is 11.5. The van der Waals surface area contributed by atoms with Crippen LogP contribution in [0.3, 0.4) is 0 Å². The molecule has 0 aliphatic rings. The Bertz CT molecular complexity index is 1510. The van der Waals surface area contributed by atoms with Crippen LogP contribution < -0.4 is 11.1 Å². The number of rotatable bonds is 5. The number of alkyl halides is 3. The minimum Gasteiger partial charge on any atom is -0.366 e. The van der Waals surface area contributed by atoms with E-state index in [-0.39, 0.29) is 22.4 Å². The highest BCUT2D eigenvalue weighted by Gasteiger charge is 2.42. The Morgan fingerprint density at radius 1 is 1.08 bits per heavy atom. The number of hydrogen-bond acceptors (Lipinski definition) is 4. The van der Waals surface area contributed by atoms with E-state index in [9.17, 15) is 31.5 Å². The van der Waals surface area contributed by atoms with Crippen LogP contribution >= 0.6 is 0 Å². The summed E-state index contributed by atoms with van der Waals surface area (Å²) in [6, 6.07) is 7.19. The van der Waals surface area contributed by atoms with Gasteiger partial charge in [0.05, 0.1) is 11.8 Å². The zero-order chi connectivity index (χ0) is 26.4. The number of nitrogens with two attached hydrogens (primary N) is 1. The molecule has 0 fully saturated rings. The molecular formula is C23H17F5N6O2. The fraction of sp³-hybridized carbons (Fsp3) is 0.130. The zero-order valence-corrected chi connectivity index (χ0v) is 18.7. The molecule has 0 radical (unpaired) electrons. The number of benzene rings is 2. The van der Waals surface area contributed by atoms with Crippen LogP contribution in [0.25, 0.3) is 16.9 Å². The smallest absolute Gasteiger partial charge is 0.366 e. The number of aryl methyl sites for hydroxylation is 2. The van der Waals surface area contributed by atoms with Crippen LogP contribution in [0, 0.1) is 18.6 Å². The molecule has 13 heteroatoms. The summed E-state index contributed by atoms with van der Waals surface area (Å²) in [6.45, 7) is 1.52. The zero-order valence-electron chi connectivity index (χ0n) is 18.7. The van der Waals surface area contributed by atoms with Gasteiger partial charge in [0.1, 0.15) is 17.2 Å². The van der Waals surface area contributed by atoms with Gasteiger partial charge in [-0.2, -0.15) is 23.4 Å². The van der Waals surface area contributed by atoms with Crippen molar-refractivity contribution in [2.45, 2.75) is 13.1 Å². The molecule has 0 atom stereocenters. The van der Waals surface area contributed by atoms with Crippen LogP contribution in [0.5, 0.6) is 0 Å². The first-order valence-electron chi connectivity index (χ1n) is 10.2. The van der Waals surface area contributed by atoms with E-state index in [0.29, 0.717) is 5.56 Å². The molecule has 0 aliphatic heterocycles. The number of nitrogens with zero attached hydrogens (tertiary/aromatic N) is 4. The number of halogens is 5. The van der Waals surface area contributed by atoms with Crippen LogP contribution in [0.4, 0.5) is 27.6 Å². The Hall–Kier alpha value is -4.55. The molecule has 0 bridgehead atoms. The summed E-state index contributed by atoms with van der Waals surface area (Å²) in [5.74, 6) is -3.84. The second-order valence-electron chi connectivity index (χ2n) is 7.81. The van der Waals surface area contributed by atoms with Crippen LogP contribution in [-0.2, 0) is 13.2 Å². The number of carbonyl (C=O) groups is 2. The first-order chi connectivity index (χ1) is 16.9. The molecule has 0 saturated carbocycles. The van der Waals surface area contributed by atoms with Gasteiger partial charge >= 0.3 is 6.18 Å². The summed E-state index contributed by atoms with van der Waals surface area (Å²) in [4.78, 5) is 24.7. The number of anilines is 1. The largest absolute Gasteiger partial charge is 0.436 e. The topological polar surface area (TPSA) is 108 Å². The van der Waals surface area contributed by atoms with Crippen LogP contribution in [0.1, 0.15) is 32.0 Å². The summed E-state index contributed by atoms with van der Waals surface area (Å²) >= 11 is 0. The van der Waals surface area contributed by atoms with E-state index in [2.05, 4.69) is 15.5 Å². The minimum absolute atomic E-state index is 0.0383. The van der Waals surface area contributed by atoms with Crippen molar-refractivity contribution < 1.29 is 31.5 Å². The lowest BCUT2D eigenvalue weighted by Crippen LogP contribution is -2.20. The third-order valence-electron chi connectivity index (χ3n) is 5.31. The molecule has 2 aromatic carbocycles. The number of hydrogen-bond donors (Lipinski definition) is 2. The molecule has 2 heterocycles. The molecule has 4 rings (SSSR count). The highest BCUT2D eigenvalue weighted by Crippen LogP contribution is 2.35. The lowest BCUT2D eigenvalue weighted by molar-refractivity contribution is -0.141. The van der Waals surface area contributed by atoms with Crippen molar-refractivity contribution in [1.29, 1.82) is 0 Å². The van der Waals surface area contributed by atoms with E-state index < -0.39 is 46.7 Å². The molecule has 3 N–H and O–H groups in total. The van der Waals surface area contributed by atoms with E-state index in [1.165, 1.54) is 19.1 Å². The van der Waals surface area contributed by atoms with Crippen LogP contribution in [-0.4, -0.2) is 31.4 Å². The first-order valence-corrected chi connectivity index (χ1v) is 10.2. The van der Waals surface area contributed by atoms with Gasteiger partial charge in [-0.05, 0) is 42.3 Å². The van der Waals surface area contributed by atoms with Crippen molar-refractivity contribution in [2.24, 2.45) is 12.8 Å². The summed E-state index contributed by atoms with van der Waals surface area (Å²) in [5.41, 5.74) is 3.13. The molecule has 0 unspecified atom stereocenters. The Morgan fingerprint density at radius 3 is 2.42 bits per heavy atom. The standard InChI is InChI=1S/C23H17F5N6O2/c1-11-3-4-12(7-16(11)25)15-8-14(24)5-6-17(15)31-21(36)18-19(23(26,27)28)32-33(2)22(18)34-10-13(9-30-34)20(29)35/h3-10H,1-2H3,(H2,29,35)(H,31,36). The molecule has 0 saturated heterocycles. The number of aromatic nitrogens is 4. The van der Waals surface area contributed by atoms with Crippen molar-refractivity contribution in [3.63, 3.8) is 0 Å². The average molecular weight is 504 g/mol. The van der Waals surface area contributed by atoms with E-state index in [0.717, 1.165) is 53.1 Å². The van der Waals surface area contributed by atoms with Gasteiger partial charge in [0.2, 0.25) is 0 Å². The predicted molar refractivity (Wildman–Crippen MR) is 118 cm³/mol. The quantitative estimate of drug-likeness (QED) is 0.397. The third kappa shape index (κ3) is 4.54. The number of amides is 2. The van der Waals surface area contributed by atoms with Crippen LogP contribution in [0.15, 0.2) is 48.8 Å². The maximum atomic E-state index is 14.2. The summed E-state index contributed by atoms with van der Waals surface area (Å²) in [6.07, 6.45) is -2.96. The lowest BCUT2D eigenvalue weighted by Gasteiger charge is -2.14. The molecule has 8 nitrogen and oxygen atoms in total. The second-order valence-corrected chi connectivity index (χ2v) is 7.81. The Morgan fingerprint density at radius 2 is 1.81 bits per heavy atom. The van der Waals surface area contributed by atoms with Gasteiger partial charge in [0.25, 0.3) is 11.8 Å². The van der Waals surface area contributed by atoms with Gasteiger partial charge in [-0.25, -0.2) is 18.1 Å². The van der Waals surface area contributed by atoms with Gasteiger partial charge in [-0.1, -0.05) is 12.1 Å². The maximum Gasteiger partial charge on any atom is 0.436 e. The van der Waals surface area contributed by atoms with E-state index in [4.69, 9.17) is 5.73 Å². The molecule has 186 valence electrons. The summed E-state index contributed by atoms with van der Waals surface area (Å²) in [7, 11) is 1.16. The predicted octanol–water partition coefficient (Wildman–Crippen LogP) is 4.23. The second kappa shape index (κ2) is 8.91. The lowest BCUT2D eigenvalue weighted by atomic mass is 10.0. The first kappa shape index (κ1) is 24.6. The Balaban J connectivity index is 1.84. The molecular weight excluding hydrogens is 487 g/mol. The molecule has 2 aromatic heterocycles. The Labute approximate surface area is 200 Å². The van der Waals surface area contributed by atoms with E-state index in [1.807, 2.05) is 0 Å². The SMILES string of the molecule is Cc1ccc(-c2cc(F)ccc2NC(=O)c2c(C(F)(F)F)nn(C)c2-n2cc(C(N)=O)cn2)cc1F. The van der Waals surface area contributed by atoms with E-state index in [1.54, 1.807) is 0 Å². The van der Waals surface area contributed by atoms with E-state index >= 15 is 0 Å². The highest BCUT2D eigenvalue weighted by molar-refractivity contribution is 6.09. The summed E-state index contributed by atoms with van der Waals surface area (Å²) in [5, 5.41) is 9.60. The van der Waals surface area contributed by atoms with Crippen LogP contribution in [0.2, 0.25) is 0 Å². The highest BCUT2D eigenvalue weighted by atomic mass is 19.4. The fourth-order valence-corrected chi connectivity index (χ4v) is 3.56. The van der Waals surface area contributed by atoms with Gasteiger partial charge in [-0.15, -0.1) is 0 Å². The van der Waals surface area contributed by atoms with Crippen molar-refractivity contribution in [2.75, 3.05) is 5.32 Å². The van der Waals surface area contributed by atoms with Crippen molar-refractivity contribution in [1.82, 2.24) is 19.6 Å². The van der Waals surface area contributed by atoms with Crippen molar-refractivity contribution in [3.05, 3.63) is 82.8 Å². The average Bonchev–Trinajstić information content (AvgIpc) is 3.41. The number of primary amides is 1. The molecule has 36 heavy (non-hydrogen) atoms. The summed E-state index contributed by atoms with van der Waals surface area (Å²) < 4.78 is 71.3. The van der Waals surface area contributed by atoms with Crippen molar-refractivity contribution in [3.8, 4) is 16.9 Å². The Kier molecular flexibility index (Phi) is 6.08. The third-order valence-corrected chi connectivity index (χ3v) is 5.31. The van der Waals surface area contributed by atoms with Gasteiger partial charge in [-0.3, -0.25) is 9.59 Å². The van der Waals surface area contributed by atoms with Crippen molar-refractivity contribution >= 4 is 17.5 Å². The fourth-order valence-electron chi connectivity index (χ4n) is 3.56. The molecule has 4 aromatic rings. The molecule has 2 amide bonds. The van der Waals surface area contributed by atoms with Gasteiger partial charge in [0.15, 0.2) is 11.5 Å². The molecule has 0 aliphatic carbocycles. The number of nitrogens with one attached hydrogen (secondary N) is 1. The van der Waals surface area contributed by atoms with Gasteiger partial charge < -0.3 is 11.1 Å². The number of carbonyl (C=O) groups excluding carboxylic acids is 2. The minimum atomic E-state index is -5.03. The molecule has 0 spiro atoms.